The topological polar surface area (TPSA) is 83.9 Å². The fourth-order valence-electron chi connectivity index (χ4n) is 1.85. The minimum absolute atomic E-state index is 0.0691. The van der Waals surface area contributed by atoms with Crippen molar-refractivity contribution in [3.63, 3.8) is 0 Å². The number of carbonyl (C=O) groups excluding carboxylic acids is 3. The predicted octanol–water partition coefficient (Wildman–Crippen LogP) is 3.03. The second-order valence-corrected chi connectivity index (χ2v) is 6.44. The fourth-order valence-corrected chi connectivity index (χ4v) is 2.86. The van der Waals surface area contributed by atoms with Crippen LogP contribution in [0.15, 0.2) is 23.1 Å². The van der Waals surface area contributed by atoms with Crippen LogP contribution in [0.3, 0.4) is 0 Å². The molecule has 0 radical (unpaired) electrons. The van der Waals surface area contributed by atoms with Crippen molar-refractivity contribution in [2.24, 2.45) is 0 Å². The Bertz CT molecular complexity index is 701. The van der Waals surface area contributed by atoms with Crippen molar-refractivity contribution in [2.45, 2.75) is 20.0 Å². The van der Waals surface area contributed by atoms with Crippen LogP contribution in [-0.4, -0.2) is 39.8 Å². The Hall–Kier alpha value is -1.99. The number of hydrogen-bond acceptors (Lipinski definition) is 6. The number of phenols is 1. The minimum Gasteiger partial charge on any atom is -0.507 e. The summed E-state index contributed by atoms with van der Waals surface area (Å²) < 4.78 is 4.93. The number of ether oxygens (including phenoxy) is 1. The first-order chi connectivity index (χ1) is 10.8. The molecule has 1 aromatic rings. The largest absolute Gasteiger partial charge is 0.507 e. The van der Waals surface area contributed by atoms with Gasteiger partial charge in [-0.1, -0.05) is 11.6 Å². The van der Waals surface area contributed by atoms with Crippen LogP contribution in [0.25, 0.3) is 6.08 Å². The molecule has 1 aliphatic heterocycles. The SMILES string of the molecule is CC(C)OC(=O)CN1C(=O)S/C(=C/c2cc(Cl)ccc2O)C1=O. The van der Waals surface area contributed by atoms with Gasteiger partial charge in [0.1, 0.15) is 12.3 Å². The summed E-state index contributed by atoms with van der Waals surface area (Å²) in [7, 11) is 0. The van der Waals surface area contributed by atoms with Gasteiger partial charge in [-0.3, -0.25) is 19.3 Å². The molecule has 1 heterocycles. The summed E-state index contributed by atoms with van der Waals surface area (Å²) in [5, 5.41) is 9.58. The molecule has 0 unspecified atom stereocenters. The molecular formula is C15H14ClNO5S. The molecule has 0 bridgehead atoms. The molecule has 0 spiro atoms. The van der Waals surface area contributed by atoms with Crippen LogP contribution in [0.5, 0.6) is 5.75 Å². The van der Waals surface area contributed by atoms with E-state index in [0.717, 1.165) is 4.90 Å². The van der Waals surface area contributed by atoms with Gasteiger partial charge < -0.3 is 9.84 Å². The molecule has 23 heavy (non-hydrogen) atoms. The van der Waals surface area contributed by atoms with E-state index in [2.05, 4.69) is 0 Å². The second kappa shape index (κ2) is 7.06. The standard InChI is InChI=1S/C15H14ClNO5S/c1-8(2)22-13(19)7-17-14(20)12(23-15(17)21)6-9-5-10(16)3-4-11(9)18/h3-6,8,18H,7H2,1-2H3/b12-6+. The average Bonchev–Trinajstić information content (AvgIpc) is 2.70. The van der Waals surface area contributed by atoms with Gasteiger partial charge in [-0.05, 0) is 49.9 Å². The van der Waals surface area contributed by atoms with Gasteiger partial charge >= 0.3 is 5.97 Å². The number of phenolic OH excluding ortho intramolecular Hbond substituents is 1. The molecule has 6 nitrogen and oxygen atoms in total. The first-order valence-corrected chi connectivity index (χ1v) is 7.90. The predicted molar refractivity (Wildman–Crippen MR) is 87.0 cm³/mol. The van der Waals surface area contributed by atoms with Crippen molar-refractivity contribution in [3.8, 4) is 5.75 Å². The lowest BCUT2D eigenvalue weighted by Gasteiger charge is -2.13. The normalized spacial score (nSPS) is 16.5. The van der Waals surface area contributed by atoms with E-state index in [1.54, 1.807) is 13.8 Å². The Morgan fingerprint density at radius 3 is 2.78 bits per heavy atom. The third-order valence-electron chi connectivity index (χ3n) is 2.80. The molecule has 1 saturated heterocycles. The Morgan fingerprint density at radius 1 is 1.43 bits per heavy atom. The van der Waals surface area contributed by atoms with Gasteiger partial charge in [-0.25, -0.2) is 0 Å². The Kier molecular flexibility index (Phi) is 5.33. The quantitative estimate of drug-likeness (QED) is 0.660. The molecule has 0 saturated carbocycles. The summed E-state index contributed by atoms with van der Waals surface area (Å²) in [4.78, 5) is 36.6. The number of aromatic hydroxyl groups is 1. The van der Waals surface area contributed by atoms with Crippen LogP contribution in [0.2, 0.25) is 5.02 Å². The van der Waals surface area contributed by atoms with Crippen molar-refractivity contribution in [1.29, 1.82) is 0 Å². The number of rotatable bonds is 4. The Labute approximate surface area is 142 Å². The van der Waals surface area contributed by atoms with Crippen LogP contribution in [-0.2, 0) is 14.3 Å². The van der Waals surface area contributed by atoms with Gasteiger partial charge in [0.15, 0.2) is 0 Å². The zero-order valence-corrected chi connectivity index (χ0v) is 14.0. The number of benzene rings is 1. The van der Waals surface area contributed by atoms with Crippen molar-refractivity contribution in [1.82, 2.24) is 4.90 Å². The Morgan fingerprint density at radius 2 is 2.13 bits per heavy atom. The molecule has 1 aliphatic rings. The van der Waals surface area contributed by atoms with Crippen molar-refractivity contribution in [3.05, 3.63) is 33.7 Å². The molecule has 0 aromatic heterocycles. The molecule has 8 heteroatoms. The van der Waals surface area contributed by atoms with Crippen molar-refractivity contribution >= 4 is 46.6 Å². The van der Waals surface area contributed by atoms with Crippen LogP contribution in [0.1, 0.15) is 19.4 Å². The summed E-state index contributed by atoms with van der Waals surface area (Å²) in [5.41, 5.74) is 0.313. The van der Waals surface area contributed by atoms with Gasteiger partial charge in [-0.15, -0.1) is 0 Å². The fraction of sp³-hybridized carbons (Fsp3) is 0.267. The highest BCUT2D eigenvalue weighted by Crippen LogP contribution is 2.34. The van der Waals surface area contributed by atoms with E-state index in [-0.39, 0.29) is 16.8 Å². The van der Waals surface area contributed by atoms with Crippen LogP contribution in [0, 0.1) is 0 Å². The van der Waals surface area contributed by atoms with E-state index in [1.165, 1.54) is 24.3 Å². The second-order valence-electron chi connectivity index (χ2n) is 5.01. The van der Waals surface area contributed by atoms with Gasteiger partial charge in [0, 0.05) is 10.6 Å². The summed E-state index contributed by atoms with van der Waals surface area (Å²) in [5.74, 6) is -1.34. The number of nitrogens with zero attached hydrogens (tertiary/aromatic N) is 1. The molecule has 2 amide bonds. The third-order valence-corrected chi connectivity index (χ3v) is 3.95. The maximum absolute atomic E-state index is 12.2. The van der Waals surface area contributed by atoms with Crippen molar-refractivity contribution in [2.75, 3.05) is 6.54 Å². The van der Waals surface area contributed by atoms with E-state index in [9.17, 15) is 19.5 Å². The average molecular weight is 356 g/mol. The summed E-state index contributed by atoms with van der Waals surface area (Å²) in [6, 6.07) is 4.36. The Balaban J connectivity index is 2.19. The number of carbonyl (C=O) groups is 3. The highest BCUT2D eigenvalue weighted by atomic mass is 35.5. The number of halogens is 1. The lowest BCUT2D eigenvalue weighted by Crippen LogP contribution is -2.35. The van der Waals surface area contributed by atoms with Gasteiger partial charge in [0.2, 0.25) is 0 Å². The number of imide groups is 1. The van der Waals surface area contributed by atoms with E-state index in [1.807, 2.05) is 0 Å². The molecule has 0 atom stereocenters. The van der Waals surface area contributed by atoms with Gasteiger partial charge in [0.05, 0.1) is 11.0 Å². The molecule has 1 fully saturated rings. The summed E-state index contributed by atoms with van der Waals surface area (Å²) in [6.07, 6.45) is 1.03. The summed E-state index contributed by atoms with van der Waals surface area (Å²) in [6.45, 7) is 2.91. The van der Waals surface area contributed by atoms with Crippen LogP contribution >= 0.6 is 23.4 Å². The van der Waals surface area contributed by atoms with Crippen molar-refractivity contribution < 1.29 is 24.2 Å². The monoisotopic (exact) mass is 355 g/mol. The van der Waals surface area contributed by atoms with Gasteiger partial charge in [0.25, 0.3) is 11.1 Å². The lowest BCUT2D eigenvalue weighted by atomic mass is 10.2. The van der Waals surface area contributed by atoms with E-state index < -0.39 is 23.7 Å². The van der Waals surface area contributed by atoms with Crippen LogP contribution in [0.4, 0.5) is 4.79 Å². The summed E-state index contributed by atoms with van der Waals surface area (Å²) >= 11 is 6.53. The highest BCUT2D eigenvalue weighted by Gasteiger charge is 2.36. The first kappa shape index (κ1) is 17.4. The molecule has 0 aliphatic carbocycles. The van der Waals surface area contributed by atoms with E-state index in [0.29, 0.717) is 22.3 Å². The van der Waals surface area contributed by atoms with E-state index >= 15 is 0 Å². The maximum Gasteiger partial charge on any atom is 0.326 e. The zero-order valence-electron chi connectivity index (χ0n) is 12.4. The van der Waals surface area contributed by atoms with Crippen LogP contribution < -0.4 is 0 Å². The van der Waals surface area contributed by atoms with Gasteiger partial charge in [-0.2, -0.15) is 0 Å². The number of esters is 1. The zero-order chi connectivity index (χ0) is 17.1. The smallest absolute Gasteiger partial charge is 0.326 e. The third kappa shape index (κ3) is 4.27. The number of amides is 2. The number of hydrogen-bond donors (Lipinski definition) is 1. The lowest BCUT2D eigenvalue weighted by molar-refractivity contribution is -0.149. The first-order valence-electron chi connectivity index (χ1n) is 6.71. The molecular weight excluding hydrogens is 342 g/mol. The number of thioether (sulfide) groups is 1. The minimum atomic E-state index is -0.658. The molecule has 122 valence electrons. The molecule has 1 N–H and O–H groups in total. The molecule has 1 aromatic carbocycles. The highest BCUT2D eigenvalue weighted by molar-refractivity contribution is 8.18. The maximum atomic E-state index is 12.2. The molecule has 2 rings (SSSR count). The van der Waals surface area contributed by atoms with E-state index in [4.69, 9.17) is 16.3 Å².